The highest BCUT2D eigenvalue weighted by molar-refractivity contribution is 8.01. The van der Waals surface area contributed by atoms with Crippen LogP contribution in [0.3, 0.4) is 0 Å². The number of nitrogens with one attached hydrogen (secondary N) is 1. The number of carbonyl (C=O) groups excluding carboxylic acids is 2. The Balaban J connectivity index is 1.85. The summed E-state index contributed by atoms with van der Waals surface area (Å²) in [5, 5.41) is 2.86. The van der Waals surface area contributed by atoms with Crippen molar-refractivity contribution >= 4 is 23.6 Å². The Labute approximate surface area is 124 Å². The van der Waals surface area contributed by atoms with Crippen molar-refractivity contribution in [2.45, 2.75) is 50.5 Å². The minimum Gasteiger partial charge on any atom is -0.378 e. The smallest absolute Gasteiger partial charge is 0.246 e. The molecule has 0 saturated carbocycles. The Morgan fingerprint density at radius 1 is 1.45 bits per heavy atom. The molecular weight excluding hydrogens is 276 g/mol. The van der Waals surface area contributed by atoms with Crippen LogP contribution in [0.4, 0.5) is 0 Å². The van der Waals surface area contributed by atoms with E-state index in [1.807, 2.05) is 25.7 Å². The summed E-state index contributed by atoms with van der Waals surface area (Å²) in [4.78, 5) is 26.2. The third-order valence-corrected chi connectivity index (χ3v) is 5.32. The number of thioether (sulfide) groups is 1. The molecule has 114 valence electrons. The lowest BCUT2D eigenvalue weighted by molar-refractivity contribution is -0.138. The second kappa shape index (κ2) is 6.35. The van der Waals surface area contributed by atoms with Gasteiger partial charge >= 0.3 is 0 Å². The molecule has 5 nitrogen and oxygen atoms in total. The van der Waals surface area contributed by atoms with E-state index < -0.39 is 4.75 Å². The Kier molecular flexibility index (Phi) is 4.96. The minimum absolute atomic E-state index is 0.0451. The van der Waals surface area contributed by atoms with Crippen LogP contribution in [0.2, 0.25) is 0 Å². The van der Waals surface area contributed by atoms with Crippen molar-refractivity contribution in [2.24, 2.45) is 0 Å². The Morgan fingerprint density at radius 2 is 2.10 bits per heavy atom. The van der Waals surface area contributed by atoms with Gasteiger partial charge in [0, 0.05) is 25.4 Å². The first-order valence-electron chi connectivity index (χ1n) is 7.29. The monoisotopic (exact) mass is 300 g/mol. The van der Waals surface area contributed by atoms with Gasteiger partial charge in [0.15, 0.2) is 0 Å². The van der Waals surface area contributed by atoms with E-state index in [2.05, 4.69) is 5.32 Å². The minimum atomic E-state index is -0.432. The molecule has 2 saturated heterocycles. The van der Waals surface area contributed by atoms with Gasteiger partial charge < -0.3 is 15.0 Å². The van der Waals surface area contributed by atoms with Gasteiger partial charge in [0.2, 0.25) is 11.8 Å². The van der Waals surface area contributed by atoms with Gasteiger partial charge in [-0.2, -0.15) is 0 Å². The van der Waals surface area contributed by atoms with Crippen molar-refractivity contribution < 1.29 is 14.3 Å². The lowest BCUT2D eigenvalue weighted by atomic mass is 10.1. The van der Waals surface area contributed by atoms with Crippen LogP contribution < -0.4 is 5.32 Å². The van der Waals surface area contributed by atoms with Crippen molar-refractivity contribution in [3.63, 3.8) is 0 Å². The Hall–Kier alpha value is -0.750. The lowest BCUT2D eigenvalue weighted by Gasteiger charge is -2.38. The highest BCUT2D eigenvalue weighted by atomic mass is 32.2. The van der Waals surface area contributed by atoms with Gasteiger partial charge in [0.25, 0.3) is 0 Å². The summed E-state index contributed by atoms with van der Waals surface area (Å²) in [6.45, 7) is 7.95. The van der Waals surface area contributed by atoms with Crippen molar-refractivity contribution in [1.29, 1.82) is 0 Å². The topological polar surface area (TPSA) is 58.6 Å². The summed E-state index contributed by atoms with van der Waals surface area (Å²) < 4.78 is 5.16. The van der Waals surface area contributed by atoms with E-state index in [1.165, 1.54) is 0 Å². The molecular formula is C14H24N2O3S. The fraction of sp³-hybridized carbons (Fsp3) is 0.857. The first-order valence-corrected chi connectivity index (χ1v) is 8.28. The molecule has 0 unspecified atom stereocenters. The molecule has 1 N–H and O–H groups in total. The van der Waals surface area contributed by atoms with Crippen LogP contribution in [-0.4, -0.2) is 59.1 Å². The summed E-state index contributed by atoms with van der Waals surface area (Å²) in [6, 6.07) is -0.371. The summed E-state index contributed by atoms with van der Waals surface area (Å²) in [5.41, 5.74) is 0. The van der Waals surface area contributed by atoms with E-state index in [-0.39, 0.29) is 24.0 Å². The number of likely N-dealkylation sites (tertiary alicyclic amines) is 1. The average molecular weight is 300 g/mol. The summed E-state index contributed by atoms with van der Waals surface area (Å²) in [7, 11) is 0. The highest BCUT2D eigenvalue weighted by Gasteiger charge is 2.39. The van der Waals surface area contributed by atoms with Gasteiger partial charge in [0.1, 0.15) is 6.04 Å². The highest BCUT2D eigenvalue weighted by Crippen LogP contribution is 2.29. The van der Waals surface area contributed by atoms with E-state index in [0.717, 1.165) is 32.5 Å². The number of carbonyl (C=O) groups is 2. The van der Waals surface area contributed by atoms with Crippen molar-refractivity contribution in [2.75, 3.05) is 25.4 Å². The number of hydrogen-bond acceptors (Lipinski definition) is 4. The SMILES string of the molecule is CCOC1CCN(C(=O)[C@H]2CSC(C)(C)C(=O)N2)CC1. The molecule has 0 aliphatic carbocycles. The molecule has 2 rings (SSSR count). The third-order valence-electron chi connectivity index (χ3n) is 3.92. The maximum atomic E-state index is 12.4. The predicted octanol–water partition coefficient (Wildman–Crippen LogP) is 1.02. The summed E-state index contributed by atoms with van der Waals surface area (Å²) in [6.07, 6.45) is 2.05. The van der Waals surface area contributed by atoms with Crippen molar-refractivity contribution in [1.82, 2.24) is 10.2 Å². The number of piperidine rings is 1. The number of amides is 2. The first-order chi connectivity index (χ1) is 9.44. The zero-order valence-corrected chi connectivity index (χ0v) is 13.3. The van der Waals surface area contributed by atoms with Crippen LogP contribution in [0.5, 0.6) is 0 Å². The molecule has 2 aliphatic heterocycles. The van der Waals surface area contributed by atoms with Gasteiger partial charge in [-0.05, 0) is 33.6 Å². The summed E-state index contributed by atoms with van der Waals surface area (Å²) in [5.74, 6) is 0.663. The van der Waals surface area contributed by atoms with Gasteiger partial charge in [-0.1, -0.05) is 0 Å². The standard InChI is InChI=1S/C14H24N2O3S/c1-4-19-10-5-7-16(8-6-10)12(17)11-9-20-14(2,3)13(18)15-11/h10-11H,4-9H2,1-3H3,(H,15,18)/t11-/m1/s1. The molecule has 0 radical (unpaired) electrons. The maximum absolute atomic E-state index is 12.4. The zero-order chi connectivity index (χ0) is 14.8. The largest absolute Gasteiger partial charge is 0.378 e. The molecule has 0 aromatic rings. The Morgan fingerprint density at radius 3 is 2.65 bits per heavy atom. The van der Waals surface area contributed by atoms with E-state index in [0.29, 0.717) is 5.75 Å². The van der Waals surface area contributed by atoms with E-state index >= 15 is 0 Å². The molecule has 0 aromatic heterocycles. The quantitative estimate of drug-likeness (QED) is 0.845. The van der Waals surface area contributed by atoms with Gasteiger partial charge in [-0.15, -0.1) is 11.8 Å². The van der Waals surface area contributed by atoms with Crippen molar-refractivity contribution in [3.8, 4) is 0 Å². The number of nitrogens with zero attached hydrogens (tertiary/aromatic N) is 1. The number of hydrogen-bond donors (Lipinski definition) is 1. The number of ether oxygens (including phenoxy) is 1. The molecule has 20 heavy (non-hydrogen) atoms. The zero-order valence-electron chi connectivity index (χ0n) is 12.5. The molecule has 2 aliphatic rings. The Bertz CT molecular complexity index is 379. The molecule has 0 aromatic carbocycles. The van der Waals surface area contributed by atoms with Gasteiger partial charge in [0.05, 0.1) is 10.9 Å². The maximum Gasteiger partial charge on any atom is 0.246 e. The van der Waals surface area contributed by atoms with Crippen molar-refractivity contribution in [3.05, 3.63) is 0 Å². The van der Waals surface area contributed by atoms with E-state index in [1.54, 1.807) is 11.8 Å². The lowest BCUT2D eigenvalue weighted by Crippen LogP contribution is -2.58. The summed E-state index contributed by atoms with van der Waals surface area (Å²) >= 11 is 1.55. The number of rotatable bonds is 3. The second-order valence-corrected chi connectivity index (χ2v) is 7.47. The second-order valence-electron chi connectivity index (χ2n) is 5.83. The fourth-order valence-corrected chi connectivity index (χ4v) is 3.56. The average Bonchev–Trinajstić information content (AvgIpc) is 2.42. The van der Waals surface area contributed by atoms with E-state index in [9.17, 15) is 9.59 Å². The molecule has 0 spiro atoms. The van der Waals surface area contributed by atoms with Gasteiger partial charge in [-0.3, -0.25) is 9.59 Å². The normalized spacial score (nSPS) is 27.2. The van der Waals surface area contributed by atoms with Crippen LogP contribution >= 0.6 is 11.8 Å². The molecule has 1 atom stereocenters. The van der Waals surface area contributed by atoms with Crippen LogP contribution in [0.15, 0.2) is 0 Å². The third kappa shape index (κ3) is 3.47. The van der Waals surface area contributed by atoms with Crippen LogP contribution in [0.1, 0.15) is 33.6 Å². The first kappa shape index (κ1) is 15.6. The van der Waals surface area contributed by atoms with Crippen LogP contribution in [0, 0.1) is 0 Å². The molecule has 6 heteroatoms. The molecule has 2 amide bonds. The molecule has 0 bridgehead atoms. The van der Waals surface area contributed by atoms with Crippen LogP contribution in [0.25, 0.3) is 0 Å². The predicted molar refractivity (Wildman–Crippen MR) is 79.7 cm³/mol. The van der Waals surface area contributed by atoms with E-state index in [4.69, 9.17) is 4.74 Å². The molecule has 2 fully saturated rings. The molecule has 2 heterocycles. The fourth-order valence-electron chi connectivity index (χ4n) is 2.56. The van der Waals surface area contributed by atoms with Gasteiger partial charge in [-0.25, -0.2) is 0 Å². The van der Waals surface area contributed by atoms with Crippen LogP contribution in [-0.2, 0) is 14.3 Å².